The molecule has 0 fully saturated rings. The molecule has 1 unspecified atom stereocenters. The molecule has 0 aliphatic rings. The van der Waals surface area contributed by atoms with Crippen molar-refractivity contribution in [2.24, 2.45) is 0 Å². The number of nitrogens with one attached hydrogen (secondary N) is 1. The summed E-state index contributed by atoms with van der Waals surface area (Å²) in [6, 6.07) is 11.2. The number of hydrogen-bond donors (Lipinski definition) is 1. The summed E-state index contributed by atoms with van der Waals surface area (Å²) in [6.07, 6.45) is 1.61. The van der Waals surface area contributed by atoms with Crippen LogP contribution in [0.25, 0.3) is 0 Å². The fraction of sp³-hybridized carbons (Fsp3) is 0.364. The summed E-state index contributed by atoms with van der Waals surface area (Å²) in [5.74, 6) is -1.81. The Balaban J connectivity index is 2.38. The number of nitrogens with zero attached hydrogens (tertiary/aromatic N) is 2. The van der Waals surface area contributed by atoms with Gasteiger partial charge in [-0.05, 0) is 43.2 Å². The van der Waals surface area contributed by atoms with Crippen LogP contribution in [0.2, 0.25) is 5.02 Å². The van der Waals surface area contributed by atoms with Gasteiger partial charge in [-0.25, -0.2) is 12.8 Å². The zero-order chi connectivity index (χ0) is 23.9. The van der Waals surface area contributed by atoms with Crippen LogP contribution in [0.4, 0.5) is 10.1 Å². The Bertz CT molecular complexity index is 1060. The van der Waals surface area contributed by atoms with E-state index in [1.54, 1.807) is 31.2 Å². The maximum atomic E-state index is 14.3. The number of hydrogen-bond acceptors (Lipinski definition) is 4. The largest absolute Gasteiger partial charge is 0.354 e. The van der Waals surface area contributed by atoms with Gasteiger partial charge < -0.3 is 10.2 Å². The number of anilines is 1. The van der Waals surface area contributed by atoms with Gasteiger partial charge >= 0.3 is 0 Å². The quantitative estimate of drug-likeness (QED) is 0.562. The fourth-order valence-electron chi connectivity index (χ4n) is 3.06. The molecule has 2 aromatic rings. The maximum Gasteiger partial charge on any atom is 0.244 e. The van der Waals surface area contributed by atoms with Crippen molar-refractivity contribution in [1.82, 2.24) is 10.2 Å². The van der Waals surface area contributed by atoms with Crippen LogP contribution in [0.5, 0.6) is 0 Å². The maximum absolute atomic E-state index is 14.3. The molecule has 0 saturated heterocycles. The molecule has 32 heavy (non-hydrogen) atoms. The molecule has 0 spiro atoms. The normalized spacial score (nSPS) is 12.2. The van der Waals surface area contributed by atoms with Crippen LogP contribution in [0.1, 0.15) is 25.8 Å². The first-order valence-electron chi connectivity index (χ1n) is 10.1. The highest BCUT2D eigenvalue weighted by Crippen LogP contribution is 2.22. The van der Waals surface area contributed by atoms with Crippen LogP contribution < -0.4 is 9.62 Å². The summed E-state index contributed by atoms with van der Waals surface area (Å²) in [6.45, 7) is 3.26. The van der Waals surface area contributed by atoms with Crippen molar-refractivity contribution >= 4 is 39.1 Å². The number of para-hydroxylation sites is 1. The Kier molecular flexibility index (Phi) is 9.03. The van der Waals surface area contributed by atoms with E-state index >= 15 is 0 Å². The molecule has 0 bridgehead atoms. The number of benzene rings is 2. The van der Waals surface area contributed by atoms with Gasteiger partial charge in [0.15, 0.2) is 0 Å². The first-order chi connectivity index (χ1) is 15.0. The molecule has 2 amide bonds. The minimum atomic E-state index is -3.98. The Morgan fingerprint density at radius 1 is 1.16 bits per heavy atom. The van der Waals surface area contributed by atoms with E-state index in [0.29, 0.717) is 21.4 Å². The third-order valence-corrected chi connectivity index (χ3v) is 6.12. The van der Waals surface area contributed by atoms with E-state index in [-0.39, 0.29) is 18.1 Å². The molecule has 0 radical (unpaired) electrons. The molecule has 10 heteroatoms. The summed E-state index contributed by atoms with van der Waals surface area (Å²) in [4.78, 5) is 27.1. The second kappa shape index (κ2) is 11.3. The predicted molar refractivity (Wildman–Crippen MR) is 123 cm³/mol. The van der Waals surface area contributed by atoms with Crippen molar-refractivity contribution in [3.8, 4) is 0 Å². The van der Waals surface area contributed by atoms with E-state index in [0.717, 1.165) is 18.7 Å². The molecular formula is C22H27ClFN3O4S. The van der Waals surface area contributed by atoms with Crippen molar-refractivity contribution in [3.63, 3.8) is 0 Å². The van der Waals surface area contributed by atoms with Gasteiger partial charge in [0, 0.05) is 18.1 Å². The summed E-state index contributed by atoms with van der Waals surface area (Å²) >= 11 is 6.05. The van der Waals surface area contributed by atoms with Gasteiger partial charge in [0.25, 0.3) is 0 Å². The van der Waals surface area contributed by atoms with Crippen LogP contribution in [-0.2, 0) is 26.2 Å². The van der Waals surface area contributed by atoms with E-state index < -0.39 is 34.3 Å². The van der Waals surface area contributed by atoms with Crippen molar-refractivity contribution < 1.29 is 22.4 Å². The lowest BCUT2D eigenvalue weighted by Crippen LogP contribution is -2.51. The van der Waals surface area contributed by atoms with Crippen molar-refractivity contribution in [2.75, 3.05) is 23.7 Å². The molecule has 0 heterocycles. The second-order valence-electron chi connectivity index (χ2n) is 7.34. The molecule has 0 aliphatic heterocycles. The van der Waals surface area contributed by atoms with Crippen molar-refractivity contribution in [3.05, 3.63) is 64.9 Å². The monoisotopic (exact) mass is 483 g/mol. The summed E-state index contributed by atoms with van der Waals surface area (Å²) in [7, 11) is -3.98. The summed E-state index contributed by atoms with van der Waals surface area (Å²) < 4.78 is 39.8. The van der Waals surface area contributed by atoms with Crippen LogP contribution in [0.3, 0.4) is 0 Å². The van der Waals surface area contributed by atoms with Gasteiger partial charge in [-0.1, -0.05) is 42.8 Å². The molecule has 1 atom stereocenters. The second-order valence-corrected chi connectivity index (χ2v) is 9.68. The Morgan fingerprint density at radius 2 is 1.84 bits per heavy atom. The molecule has 2 rings (SSSR count). The Morgan fingerprint density at radius 3 is 2.44 bits per heavy atom. The van der Waals surface area contributed by atoms with Crippen LogP contribution in [0, 0.1) is 5.82 Å². The van der Waals surface area contributed by atoms with Gasteiger partial charge in [0.2, 0.25) is 21.8 Å². The number of halogens is 2. The van der Waals surface area contributed by atoms with E-state index in [1.807, 2.05) is 6.92 Å². The summed E-state index contributed by atoms with van der Waals surface area (Å²) in [5.41, 5.74) is 0.423. The number of rotatable bonds is 10. The van der Waals surface area contributed by atoms with Crippen LogP contribution in [0.15, 0.2) is 48.5 Å². The molecular weight excluding hydrogens is 457 g/mol. The lowest BCUT2D eigenvalue weighted by molar-refractivity contribution is -0.139. The van der Waals surface area contributed by atoms with Crippen LogP contribution in [-0.4, -0.2) is 50.5 Å². The molecule has 0 aromatic heterocycles. The van der Waals surface area contributed by atoms with E-state index in [9.17, 15) is 22.4 Å². The van der Waals surface area contributed by atoms with E-state index in [4.69, 9.17) is 11.6 Å². The fourth-order valence-corrected chi connectivity index (χ4v) is 4.12. The molecule has 174 valence electrons. The molecule has 7 nitrogen and oxygen atoms in total. The topological polar surface area (TPSA) is 86.8 Å². The Labute approximate surface area is 193 Å². The average Bonchev–Trinajstić information content (AvgIpc) is 2.73. The Hall–Kier alpha value is -2.65. The average molecular weight is 484 g/mol. The summed E-state index contributed by atoms with van der Waals surface area (Å²) in [5, 5.41) is 3.20. The zero-order valence-corrected chi connectivity index (χ0v) is 19.8. The van der Waals surface area contributed by atoms with Crippen LogP contribution >= 0.6 is 11.6 Å². The predicted octanol–water partition coefficient (Wildman–Crippen LogP) is 3.19. The number of amides is 2. The smallest absolute Gasteiger partial charge is 0.244 e. The third-order valence-electron chi connectivity index (χ3n) is 4.76. The minimum absolute atomic E-state index is 0.0228. The first kappa shape index (κ1) is 25.6. The lowest BCUT2D eigenvalue weighted by atomic mass is 10.1. The van der Waals surface area contributed by atoms with Gasteiger partial charge in [0.05, 0.1) is 11.9 Å². The van der Waals surface area contributed by atoms with Gasteiger partial charge in [-0.3, -0.25) is 13.9 Å². The van der Waals surface area contributed by atoms with E-state index in [1.165, 1.54) is 23.1 Å². The lowest BCUT2D eigenvalue weighted by Gasteiger charge is -2.31. The molecule has 1 N–H and O–H groups in total. The van der Waals surface area contributed by atoms with E-state index in [2.05, 4.69) is 5.32 Å². The zero-order valence-electron chi connectivity index (χ0n) is 18.2. The number of carbonyl (C=O) groups is 2. The first-order valence-corrected chi connectivity index (χ1v) is 12.3. The van der Waals surface area contributed by atoms with Gasteiger partial charge in [0.1, 0.15) is 18.4 Å². The highest BCUT2D eigenvalue weighted by molar-refractivity contribution is 7.92. The highest BCUT2D eigenvalue weighted by Gasteiger charge is 2.30. The minimum Gasteiger partial charge on any atom is -0.354 e. The van der Waals surface area contributed by atoms with Crippen molar-refractivity contribution in [2.45, 2.75) is 32.9 Å². The third kappa shape index (κ3) is 6.93. The molecule has 2 aromatic carbocycles. The highest BCUT2D eigenvalue weighted by atomic mass is 35.5. The standard InChI is InChI=1S/C22H27ClFN3O4S/c1-4-12-25-22(29)16(2)26(14-17-8-7-9-18(23)13-17)21(28)15-27(32(3,30)31)20-11-6-5-10-19(20)24/h5-11,13,16H,4,12,14-15H2,1-3H3,(H,25,29). The SMILES string of the molecule is CCCNC(=O)C(C)N(Cc1cccc(Cl)c1)C(=O)CN(c1ccccc1F)S(C)(=O)=O. The number of carbonyl (C=O) groups excluding carboxylic acids is 2. The number of sulfonamides is 1. The van der Waals surface area contributed by atoms with Gasteiger partial charge in [-0.2, -0.15) is 0 Å². The molecule has 0 saturated carbocycles. The molecule has 0 aliphatic carbocycles. The van der Waals surface area contributed by atoms with Gasteiger partial charge in [-0.15, -0.1) is 0 Å². The van der Waals surface area contributed by atoms with Crippen molar-refractivity contribution in [1.29, 1.82) is 0 Å².